The molecule has 2 N–H and O–H groups in total. The van der Waals surface area contributed by atoms with Crippen molar-refractivity contribution in [2.45, 2.75) is 39.0 Å². The maximum atomic E-state index is 11.7. The number of hydrogen-bond donors (Lipinski definition) is 2. The molecular weight excluding hydrogens is 384 g/mol. The number of carbonyl (C=O) groups excluding carboxylic acids is 3. The minimum Gasteiger partial charge on any atom is -0.480 e. The van der Waals surface area contributed by atoms with E-state index in [1.807, 2.05) is 13.0 Å². The third kappa shape index (κ3) is 8.00. The van der Waals surface area contributed by atoms with E-state index < -0.39 is 31.1 Å². The van der Waals surface area contributed by atoms with Gasteiger partial charge >= 0.3 is 12.0 Å². The normalized spacial score (nSPS) is 13.3. The molecule has 0 aromatic heterocycles. The number of amides is 3. The lowest BCUT2D eigenvalue weighted by molar-refractivity contribution is -0.150. The van der Waals surface area contributed by atoms with Crippen LogP contribution in [-0.2, 0) is 14.3 Å². The van der Waals surface area contributed by atoms with Crippen molar-refractivity contribution in [1.82, 2.24) is 10.6 Å². The summed E-state index contributed by atoms with van der Waals surface area (Å²) >= 11 is 5.97. The van der Waals surface area contributed by atoms with Crippen LogP contribution in [0.3, 0.4) is 0 Å². The van der Waals surface area contributed by atoms with Crippen molar-refractivity contribution in [2.75, 3.05) is 19.8 Å². The van der Waals surface area contributed by atoms with Gasteiger partial charge in [-0.25, -0.2) is 9.59 Å². The third-order valence-corrected chi connectivity index (χ3v) is 4.48. The molecule has 2 rings (SSSR count). The molecule has 3 amide bonds. The van der Waals surface area contributed by atoms with Gasteiger partial charge in [-0.1, -0.05) is 29.3 Å². The van der Waals surface area contributed by atoms with Crippen LogP contribution in [0.2, 0.25) is 5.02 Å². The number of rotatable bonds is 8. The Morgan fingerprint density at radius 3 is 2.75 bits per heavy atom. The summed E-state index contributed by atoms with van der Waals surface area (Å²) in [6.07, 6.45) is 7.53. The standard InChI is InChI=1S/C20H25ClN2O5/c1-14-7-8-16(21)17(11-14)27-13-19(25)28-12-18(24)23-20(26)22-10-9-15-5-3-2-4-6-15/h5,7-8,11H,2-4,6,9-10,12-13H2,1H3,(H2,22,23,24,26). The molecule has 0 aliphatic heterocycles. The Hall–Kier alpha value is -2.54. The predicted molar refractivity (Wildman–Crippen MR) is 105 cm³/mol. The molecule has 1 aliphatic carbocycles. The van der Waals surface area contributed by atoms with Crippen molar-refractivity contribution in [3.8, 4) is 5.75 Å². The second-order valence-electron chi connectivity index (χ2n) is 6.55. The van der Waals surface area contributed by atoms with Crippen molar-refractivity contribution < 1.29 is 23.9 Å². The lowest BCUT2D eigenvalue weighted by Crippen LogP contribution is -2.42. The highest BCUT2D eigenvalue weighted by atomic mass is 35.5. The van der Waals surface area contributed by atoms with Crippen LogP contribution in [0.1, 0.15) is 37.7 Å². The Labute approximate surface area is 169 Å². The Bertz CT molecular complexity index is 748. The smallest absolute Gasteiger partial charge is 0.344 e. The third-order valence-electron chi connectivity index (χ3n) is 4.17. The molecule has 1 aliphatic rings. The summed E-state index contributed by atoms with van der Waals surface area (Å²) in [5.74, 6) is -1.09. The summed E-state index contributed by atoms with van der Waals surface area (Å²) in [6, 6.07) is 4.56. The van der Waals surface area contributed by atoms with Gasteiger partial charge < -0.3 is 14.8 Å². The number of carbonyl (C=O) groups is 3. The predicted octanol–water partition coefficient (Wildman–Crippen LogP) is 3.29. The molecule has 0 saturated carbocycles. The van der Waals surface area contributed by atoms with Gasteiger partial charge in [0.2, 0.25) is 0 Å². The number of imide groups is 1. The van der Waals surface area contributed by atoms with Crippen molar-refractivity contribution in [3.63, 3.8) is 0 Å². The van der Waals surface area contributed by atoms with Crippen LogP contribution in [0.5, 0.6) is 5.75 Å². The Morgan fingerprint density at radius 1 is 1.18 bits per heavy atom. The number of hydrogen-bond acceptors (Lipinski definition) is 5. The molecule has 0 radical (unpaired) electrons. The summed E-state index contributed by atoms with van der Waals surface area (Å²) in [5, 5.41) is 5.10. The highest BCUT2D eigenvalue weighted by Crippen LogP contribution is 2.25. The molecule has 0 saturated heterocycles. The van der Waals surface area contributed by atoms with Crippen molar-refractivity contribution in [1.29, 1.82) is 0 Å². The molecule has 0 spiro atoms. The van der Waals surface area contributed by atoms with E-state index in [1.165, 1.54) is 18.4 Å². The fraction of sp³-hybridized carbons (Fsp3) is 0.450. The topological polar surface area (TPSA) is 93.7 Å². The number of allylic oxidation sites excluding steroid dienone is 1. The summed E-state index contributed by atoms with van der Waals surface area (Å²) in [6.45, 7) is 1.36. The van der Waals surface area contributed by atoms with Gasteiger partial charge in [0.25, 0.3) is 5.91 Å². The van der Waals surface area contributed by atoms with Crippen LogP contribution >= 0.6 is 11.6 Å². The summed E-state index contributed by atoms with van der Waals surface area (Å²) in [4.78, 5) is 35.0. The van der Waals surface area contributed by atoms with Gasteiger partial charge in [0.1, 0.15) is 5.75 Å². The van der Waals surface area contributed by atoms with Crippen LogP contribution < -0.4 is 15.4 Å². The van der Waals surface area contributed by atoms with E-state index in [9.17, 15) is 14.4 Å². The molecule has 1 aromatic carbocycles. The van der Waals surface area contributed by atoms with E-state index in [1.54, 1.807) is 12.1 Å². The van der Waals surface area contributed by atoms with Gasteiger partial charge in [-0.3, -0.25) is 10.1 Å². The first-order valence-electron chi connectivity index (χ1n) is 9.24. The van der Waals surface area contributed by atoms with Crippen LogP contribution in [-0.4, -0.2) is 37.7 Å². The fourth-order valence-electron chi connectivity index (χ4n) is 2.72. The molecule has 0 atom stereocenters. The van der Waals surface area contributed by atoms with Gasteiger partial charge in [0.05, 0.1) is 5.02 Å². The summed E-state index contributed by atoms with van der Waals surface area (Å²) < 4.78 is 10.1. The van der Waals surface area contributed by atoms with Gasteiger partial charge in [-0.2, -0.15) is 0 Å². The zero-order valence-corrected chi connectivity index (χ0v) is 16.6. The number of aryl methyl sites for hydroxylation is 1. The lowest BCUT2D eigenvalue weighted by atomic mass is 9.97. The number of halogens is 1. The van der Waals surface area contributed by atoms with Gasteiger partial charge in [-0.15, -0.1) is 0 Å². The zero-order chi connectivity index (χ0) is 20.4. The lowest BCUT2D eigenvalue weighted by Gasteiger charge is -2.13. The number of esters is 1. The molecule has 28 heavy (non-hydrogen) atoms. The van der Waals surface area contributed by atoms with Crippen molar-refractivity contribution in [3.05, 3.63) is 40.4 Å². The van der Waals surface area contributed by atoms with Crippen LogP contribution in [0.4, 0.5) is 4.79 Å². The highest BCUT2D eigenvalue weighted by Gasteiger charge is 2.12. The zero-order valence-electron chi connectivity index (χ0n) is 15.9. The molecule has 0 heterocycles. The number of urea groups is 1. The SMILES string of the molecule is Cc1ccc(Cl)c(OCC(=O)OCC(=O)NC(=O)NCCC2=CCCCC2)c1. The first kappa shape index (κ1) is 21.8. The van der Waals surface area contributed by atoms with Crippen LogP contribution in [0.15, 0.2) is 29.8 Å². The number of nitrogens with one attached hydrogen (secondary N) is 2. The molecule has 8 heteroatoms. The van der Waals surface area contributed by atoms with E-state index in [4.69, 9.17) is 21.1 Å². The Morgan fingerprint density at radius 2 is 2.00 bits per heavy atom. The molecule has 0 unspecified atom stereocenters. The maximum absolute atomic E-state index is 11.7. The molecular formula is C20H25ClN2O5. The Kier molecular flexibility index (Phi) is 8.81. The molecule has 0 bridgehead atoms. The van der Waals surface area contributed by atoms with E-state index in [2.05, 4.69) is 16.7 Å². The summed E-state index contributed by atoms with van der Waals surface area (Å²) in [7, 11) is 0. The minimum absolute atomic E-state index is 0.357. The average molecular weight is 409 g/mol. The molecule has 152 valence electrons. The molecule has 0 fully saturated rings. The largest absolute Gasteiger partial charge is 0.480 e. The van der Waals surface area contributed by atoms with Crippen molar-refractivity contribution in [2.24, 2.45) is 0 Å². The van der Waals surface area contributed by atoms with Gasteiger partial charge in [-0.05, 0) is 56.7 Å². The van der Waals surface area contributed by atoms with Crippen LogP contribution in [0, 0.1) is 6.92 Å². The average Bonchev–Trinajstić information content (AvgIpc) is 2.68. The number of benzene rings is 1. The fourth-order valence-corrected chi connectivity index (χ4v) is 2.89. The van der Waals surface area contributed by atoms with E-state index in [-0.39, 0.29) is 0 Å². The molecule has 1 aromatic rings. The first-order chi connectivity index (χ1) is 13.4. The first-order valence-corrected chi connectivity index (χ1v) is 9.62. The maximum Gasteiger partial charge on any atom is 0.344 e. The van der Waals surface area contributed by atoms with E-state index in [0.717, 1.165) is 24.8 Å². The second kappa shape index (κ2) is 11.3. The van der Waals surface area contributed by atoms with E-state index >= 15 is 0 Å². The minimum atomic E-state index is -0.739. The van der Waals surface area contributed by atoms with E-state index in [0.29, 0.717) is 17.3 Å². The van der Waals surface area contributed by atoms with Gasteiger partial charge in [0, 0.05) is 6.54 Å². The highest BCUT2D eigenvalue weighted by molar-refractivity contribution is 6.32. The monoisotopic (exact) mass is 408 g/mol. The number of ether oxygens (including phenoxy) is 2. The second-order valence-corrected chi connectivity index (χ2v) is 6.95. The Balaban J connectivity index is 1.60. The van der Waals surface area contributed by atoms with Gasteiger partial charge in [0.15, 0.2) is 13.2 Å². The van der Waals surface area contributed by atoms with Crippen molar-refractivity contribution >= 4 is 29.5 Å². The quantitative estimate of drug-likeness (QED) is 0.508. The molecule has 7 nitrogen and oxygen atoms in total. The summed E-state index contributed by atoms with van der Waals surface area (Å²) in [5.41, 5.74) is 2.26. The van der Waals surface area contributed by atoms with Crippen LogP contribution in [0.25, 0.3) is 0 Å².